The van der Waals surface area contributed by atoms with Gasteiger partial charge in [-0.1, -0.05) is 12.2 Å². The molecule has 3 rings (SSSR count). The molecule has 1 fully saturated rings. The number of hydrogen-bond acceptors (Lipinski definition) is 3. The summed E-state index contributed by atoms with van der Waals surface area (Å²) in [7, 11) is 3.15. The Morgan fingerprint density at radius 3 is 2.20 bits per heavy atom. The van der Waals surface area contributed by atoms with Gasteiger partial charge in [0.15, 0.2) is 11.5 Å². The van der Waals surface area contributed by atoms with Gasteiger partial charge in [0.05, 0.1) is 20.8 Å². The first-order chi connectivity index (χ1) is 12.2. The first kappa shape index (κ1) is 18.1. The molecule has 0 bridgehead atoms. The third-order valence-electron chi connectivity index (χ3n) is 5.61. The van der Waals surface area contributed by atoms with E-state index in [0.717, 1.165) is 18.0 Å². The van der Waals surface area contributed by atoms with Gasteiger partial charge in [-0.15, -0.1) is 0 Å². The molecule has 5 nitrogen and oxygen atoms in total. The van der Waals surface area contributed by atoms with Crippen molar-refractivity contribution in [1.82, 2.24) is 0 Å². The molecule has 1 heterocycles. The predicted molar refractivity (Wildman–Crippen MR) is 97.7 cm³/mol. The molecule has 0 amide bonds. The van der Waals surface area contributed by atoms with Crippen LogP contribution in [-0.4, -0.2) is 52.0 Å². The van der Waals surface area contributed by atoms with E-state index in [4.69, 9.17) is 9.47 Å². The van der Waals surface area contributed by atoms with Crippen molar-refractivity contribution in [2.75, 3.05) is 46.9 Å². The van der Waals surface area contributed by atoms with Crippen LogP contribution in [0.1, 0.15) is 24.8 Å². The summed E-state index contributed by atoms with van der Waals surface area (Å²) in [6.45, 7) is 7.18. The number of aromatic hydroxyl groups is 1. The Morgan fingerprint density at radius 1 is 1.00 bits per heavy atom. The first-order valence-corrected chi connectivity index (χ1v) is 9.45. The summed E-state index contributed by atoms with van der Waals surface area (Å²) in [5.74, 6) is 1.94. The van der Waals surface area contributed by atoms with E-state index in [1.165, 1.54) is 52.0 Å². The number of benzene rings is 1. The Morgan fingerprint density at radius 2 is 1.64 bits per heavy atom. The Labute approximate surface area is 150 Å². The Bertz CT molecular complexity index is 570. The second-order valence-electron chi connectivity index (χ2n) is 7.38. The SMILES string of the molecule is COc1cc(C[NH+]2CC[NH+](C[C@@H]3CC=CCC3)CC2)cc(OC)c1O. The topological polar surface area (TPSA) is 47.6 Å². The van der Waals surface area contributed by atoms with Crippen molar-refractivity contribution in [3.8, 4) is 17.2 Å². The summed E-state index contributed by atoms with van der Waals surface area (Å²) in [5.41, 5.74) is 1.15. The summed E-state index contributed by atoms with van der Waals surface area (Å²) in [6, 6.07) is 3.86. The molecule has 1 aliphatic heterocycles. The van der Waals surface area contributed by atoms with E-state index in [1.807, 2.05) is 12.1 Å². The standard InChI is InChI=1S/C20H30N2O3/c1-24-18-12-17(13-19(25-2)20(18)23)15-22-10-8-21(9-11-22)14-16-6-4-3-5-7-16/h3-4,12-13,16,23H,5-11,14-15H2,1-2H3/p+2/t16-/m1/s1. The van der Waals surface area contributed by atoms with Crippen molar-refractivity contribution in [3.63, 3.8) is 0 Å². The number of ether oxygens (including phenoxy) is 2. The molecule has 5 heteroatoms. The zero-order chi connectivity index (χ0) is 17.6. The quantitative estimate of drug-likeness (QED) is 0.637. The highest BCUT2D eigenvalue weighted by Gasteiger charge is 2.26. The van der Waals surface area contributed by atoms with Gasteiger partial charge in [0.1, 0.15) is 32.7 Å². The van der Waals surface area contributed by atoms with Gasteiger partial charge in [0, 0.05) is 11.5 Å². The molecule has 138 valence electrons. The number of methoxy groups -OCH3 is 2. The van der Waals surface area contributed by atoms with E-state index in [1.54, 1.807) is 24.0 Å². The number of rotatable bonds is 6. The fraction of sp³-hybridized carbons (Fsp3) is 0.600. The molecule has 1 aromatic rings. The predicted octanol–water partition coefficient (Wildman–Crippen LogP) is 0.0491. The van der Waals surface area contributed by atoms with Gasteiger partial charge in [0.2, 0.25) is 5.75 Å². The average molecular weight is 348 g/mol. The molecule has 0 spiro atoms. The number of piperazine rings is 1. The van der Waals surface area contributed by atoms with Crippen molar-refractivity contribution in [2.45, 2.75) is 25.8 Å². The minimum Gasteiger partial charge on any atom is -0.502 e. The fourth-order valence-corrected chi connectivity index (χ4v) is 4.13. The molecule has 0 radical (unpaired) electrons. The van der Waals surface area contributed by atoms with E-state index < -0.39 is 0 Å². The van der Waals surface area contributed by atoms with E-state index in [-0.39, 0.29) is 5.75 Å². The second kappa shape index (κ2) is 8.59. The molecule has 1 atom stereocenters. The van der Waals surface area contributed by atoms with E-state index in [0.29, 0.717) is 11.5 Å². The van der Waals surface area contributed by atoms with Crippen LogP contribution in [0.3, 0.4) is 0 Å². The minimum absolute atomic E-state index is 0.0829. The lowest BCUT2D eigenvalue weighted by Gasteiger charge is -2.32. The third-order valence-corrected chi connectivity index (χ3v) is 5.61. The van der Waals surface area contributed by atoms with Crippen LogP contribution in [-0.2, 0) is 6.54 Å². The van der Waals surface area contributed by atoms with Crippen molar-refractivity contribution in [1.29, 1.82) is 0 Å². The fourth-order valence-electron chi connectivity index (χ4n) is 4.13. The molecule has 1 saturated heterocycles. The van der Waals surface area contributed by atoms with E-state index >= 15 is 0 Å². The summed E-state index contributed by atoms with van der Waals surface area (Å²) in [4.78, 5) is 3.37. The summed E-state index contributed by atoms with van der Waals surface area (Å²) < 4.78 is 10.5. The summed E-state index contributed by atoms with van der Waals surface area (Å²) in [6.07, 6.45) is 8.59. The molecule has 0 aromatic heterocycles. The molecule has 2 aliphatic rings. The van der Waals surface area contributed by atoms with Crippen LogP contribution in [0.25, 0.3) is 0 Å². The first-order valence-electron chi connectivity index (χ1n) is 9.45. The van der Waals surface area contributed by atoms with Crippen molar-refractivity contribution in [3.05, 3.63) is 29.8 Å². The molecule has 1 aliphatic carbocycles. The third kappa shape index (κ3) is 4.67. The van der Waals surface area contributed by atoms with Crippen molar-refractivity contribution in [2.24, 2.45) is 5.92 Å². The monoisotopic (exact) mass is 348 g/mol. The lowest BCUT2D eigenvalue weighted by molar-refractivity contribution is -1.02. The molecule has 0 unspecified atom stereocenters. The van der Waals surface area contributed by atoms with E-state index in [2.05, 4.69) is 12.2 Å². The Balaban J connectivity index is 1.52. The Hall–Kier alpha value is -1.72. The molecule has 0 saturated carbocycles. The lowest BCUT2D eigenvalue weighted by atomic mass is 9.94. The van der Waals surface area contributed by atoms with Gasteiger partial charge >= 0.3 is 0 Å². The molecule has 25 heavy (non-hydrogen) atoms. The van der Waals surface area contributed by atoms with Crippen LogP contribution in [0.15, 0.2) is 24.3 Å². The number of phenols is 1. The van der Waals surface area contributed by atoms with Crippen LogP contribution in [0.4, 0.5) is 0 Å². The average Bonchev–Trinajstić information content (AvgIpc) is 2.65. The summed E-state index contributed by atoms with van der Waals surface area (Å²) in [5, 5.41) is 10.0. The normalized spacial score (nSPS) is 26.4. The lowest BCUT2D eigenvalue weighted by Crippen LogP contribution is -3.27. The van der Waals surface area contributed by atoms with Crippen LogP contribution < -0.4 is 19.3 Å². The van der Waals surface area contributed by atoms with Gasteiger partial charge in [0.25, 0.3) is 0 Å². The smallest absolute Gasteiger partial charge is 0.200 e. The number of nitrogens with one attached hydrogen (secondary N) is 2. The highest BCUT2D eigenvalue weighted by Crippen LogP contribution is 2.36. The molecule has 3 N–H and O–H groups in total. The van der Waals surface area contributed by atoms with Crippen LogP contribution in [0, 0.1) is 5.92 Å². The van der Waals surface area contributed by atoms with E-state index in [9.17, 15) is 5.11 Å². The largest absolute Gasteiger partial charge is 0.502 e. The zero-order valence-electron chi connectivity index (χ0n) is 15.5. The number of allylic oxidation sites excluding steroid dienone is 2. The molecular weight excluding hydrogens is 316 g/mol. The summed E-state index contributed by atoms with van der Waals surface area (Å²) >= 11 is 0. The van der Waals surface area contributed by atoms with Crippen LogP contribution >= 0.6 is 0 Å². The molecular formula is C20H32N2O3+2. The highest BCUT2D eigenvalue weighted by atomic mass is 16.5. The van der Waals surface area contributed by atoms with Gasteiger partial charge in [-0.25, -0.2) is 0 Å². The zero-order valence-corrected chi connectivity index (χ0v) is 15.5. The maximum absolute atomic E-state index is 10.0. The van der Waals surface area contributed by atoms with Gasteiger partial charge < -0.3 is 24.4 Å². The van der Waals surface area contributed by atoms with Crippen LogP contribution in [0.2, 0.25) is 0 Å². The minimum atomic E-state index is 0.0829. The van der Waals surface area contributed by atoms with Gasteiger partial charge in [-0.3, -0.25) is 0 Å². The van der Waals surface area contributed by atoms with Crippen molar-refractivity contribution >= 4 is 0 Å². The maximum atomic E-state index is 10.0. The van der Waals surface area contributed by atoms with Gasteiger partial charge in [-0.2, -0.15) is 0 Å². The van der Waals surface area contributed by atoms with Crippen LogP contribution in [0.5, 0.6) is 17.2 Å². The number of phenolic OH excluding ortho intramolecular Hbond substituents is 1. The van der Waals surface area contributed by atoms with Gasteiger partial charge in [-0.05, 0) is 31.4 Å². The maximum Gasteiger partial charge on any atom is 0.200 e. The number of quaternary nitrogens is 2. The van der Waals surface area contributed by atoms with Crippen molar-refractivity contribution < 1.29 is 24.4 Å². The molecule has 1 aromatic carbocycles. The Kier molecular flexibility index (Phi) is 6.21. The number of hydrogen-bond donors (Lipinski definition) is 3. The highest BCUT2D eigenvalue weighted by molar-refractivity contribution is 5.52. The second-order valence-corrected chi connectivity index (χ2v) is 7.38.